The zero-order valence-electron chi connectivity index (χ0n) is 9.74. The van der Waals surface area contributed by atoms with E-state index in [1.165, 1.54) is 0 Å². The van der Waals surface area contributed by atoms with Gasteiger partial charge >= 0.3 is 0 Å². The molecule has 4 heteroatoms. The summed E-state index contributed by atoms with van der Waals surface area (Å²) in [4.78, 5) is 3.98. The van der Waals surface area contributed by atoms with Crippen LogP contribution >= 0.6 is 0 Å². The van der Waals surface area contributed by atoms with Gasteiger partial charge in [0.1, 0.15) is 6.07 Å². The van der Waals surface area contributed by atoms with Gasteiger partial charge in [0.05, 0.1) is 30.1 Å². The molecule has 1 aromatic carbocycles. The van der Waals surface area contributed by atoms with Gasteiger partial charge in [-0.1, -0.05) is 30.3 Å². The summed E-state index contributed by atoms with van der Waals surface area (Å²) < 4.78 is 0. The summed E-state index contributed by atoms with van der Waals surface area (Å²) in [5.41, 5.74) is 2.11. The Hall–Kier alpha value is -2.38. The molecule has 0 saturated carbocycles. The normalized spacial score (nSPS) is 11.6. The summed E-state index contributed by atoms with van der Waals surface area (Å²) in [6.45, 7) is -0.0518. The van der Waals surface area contributed by atoms with Gasteiger partial charge in [0, 0.05) is 6.20 Å². The van der Waals surface area contributed by atoms with Crippen molar-refractivity contribution >= 4 is 5.69 Å². The van der Waals surface area contributed by atoms with Gasteiger partial charge in [-0.15, -0.1) is 0 Å². The van der Waals surface area contributed by atoms with Crippen LogP contribution in [0.15, 0.2) is 48.8 Å². The lowest BCUT2D eigenvalue weighted by molar-refractivity contribution is 0.276. The number of anilines is 1. The second-order valence-electron chi connectivity index (χ2n) is 3.82. The van der Waals surface area contributed by atoms with E-state index in [0.29, 0.717) is 11.3 Å². The molecule has 1 heterocycles. The van der Waals surface area contributed by atoms with Crippen LogP contribution in [0.25, 0.3) is 0 Å². The minimum absolute atomic E-state index is 0.0518. The SMILES string of the molecule is N#Cc1ccncc1NC(CO)c1ccccc1. The van der Waals surface area contributed by atoms with Gasteiger partial charge in [-0.05, 0) is 11.6 Å². The lowest BCUT2D eigenvalue weighted by atomic mass is 10.1. The second-order valence-corrected chi connectivity index (χ2v) is 3.82. The highest BCUT2D eigenvalue weighted by Gasteiger charge is 2.11. The van der Waals surface area contributed by atoms with E-state index in [-0.39, 0.29) is 12.6 Å². The van der Waals surface area contributed by atoms with E-state index in [2.05, 4.69) is 16.4 Å². The van der Waals surface area contributed by atoms with Crippen molar-refractivity contribution in [2.45, 2.75) is 6.04 Å². The van der Waals surface area contributed by atoms with Crippen LogP contribution in [0.2, 0.25) is 0 Å². The first-order valence-electron chi connectivity index (χ1n) is 5.61. The summed E-state index contributed by atoms with van der Waals surface area (Å²) in [7, 11) is 0. The maximum Gasteiger partial charge on any atom is 0.101 e. The third-order valence-corrected chi connectivity index (χ3v) is 2.66. The molecule has 0 aliphatic rings. The van der Waals surface area contributed by atoms with Crippen molar-refractivity contribution in [1.29, 1.82) is 5.26 Å². The van der Waals surface area contributed by atoms with Crippen molar-refractivity contribution in [3.63, 3.8) is 0 Å². The number of nitrogens with one attached hydrogen (secondary N) is 1. The van der Waals surface area contributed by atoms with E-state index in [4.69, 9.17) is 5.26 Å². The van der Waals surface area contributed by atoms with Crippen molar-refractivity contribution < 1.29 is 5.11 Å². The number of nitrogens with zero attached hydrogens (tertiary/aromatic N) is 2. The number of aliphatic hydroxyl groups is 1. The Morgan fingerprint density at radius 2 is 2.06 bits per heavy atom. The van der Waals surface area contributed by atoms with Crippen LogP contribution in [0.5, 0.6) is 0 Å². The van der Waals surface area contributed by atoms with Crippen LogP contribution in [-0.4, -0.2) is 16.7 Å². The summed E-state index contributed by atoms with van der Waals surface area (Å²) in [5.74, 6) is 0. The number of aliphatic hydroxyl groups excluding tert-OH is 1. The maximum absolute atomic E-state index is 9.44. The molecule has 0 aliphatic heterocycles. The lowest BCUT2D eigenvalue weighted by Crippen LogP contribution is -2.15. The van der Waals surface area contributed by atoms with Crippen molar-refractivity contribution in [3.8, 4) is 6.07 Å². The first-order chi connectivity index (χ1) is 8.85. The molecule has 0 aliphatic carbocycles. The predicted octanol–water partition coefficient (Wildman–Crippen LogP) is 2.10. The first-order valence-corrected chi connectivity index (χ1v) is 5.61. The molecule has 1 unspecified atom stereocenters. The molecular formula is C14H13N3O. The number of aromatic nitrogens is 1. The Bertz CT molecular complexity index is 548. The molecule has 90 valence electrons. The minimum atomic E-state index is -0.248. The van der Waals surface area contributed by atoms with Crippen LogP contribution in [0.4, 0.5) is 5.69 Å². The maximum atomic E-state index is 9.44. The van der Waals surface area contributed by atoms with Gasteiger partial charge in [-0.3, -0.25) is 4.98 Å². The van der Waals surface area contributed by atoms with E-state index in [1.807, 2.05) is 30.3 Å². The third kappa shape index (κ3) is 2.65. The molecular weight excluding hydrogens is 226 g/mol. The number of hydrogen-bond donors (Lipinski definition) is 2. The van der Waals surface area contributed by atoms with Crippen LogP contribution in [-0.2, 0) is 0 Å². The van der Waals surface area contributed by atoms with Gasteiger partial charge in [0.15, 0.2) is 0 Å². The van der Waals surface area contributed by atoms with Crippen LogP contribution in [0.3, 0.4) is 0 Å². The Balaban J connectivity index is 2.24. The highest BCUT2D eigenvalue weighted by atomic mass is 16.3. The molecule has 0 radical (unpaired) electrons. The lowest BCUT2D eigenvalue weighted by Gasteiger charge is -2.18. The second kappa shape index (κ2) is 5.80. The van der Waals surface area contributed by atoms with E-state index in [9.17, 15) is 5.11 Å². The average Bonchev–Trinajstić information content (AvgIpc) is 2.46. The van der Waals surface area contributed by atoms with E-state index >= 15 is 0 Å². The van der Waals surface area contributed by atoms with Gasteiger partial charge in [-0.25, -0.2) is 0 Å². The Labute approximate surface area is 106 Å². The van der Waals surface area contributed by atoms with Crippen molar-refractivity contribution in [1.82, 2.24) is 4.98 Å². The average molecular weight is 239 g/mol. The molecule has 0 fully saturated rings. The van der Waals surface area contributed by atoms with Crippen LogP contribution < -0.4 is 5.32 Å². The van der Waals surface area contributed by atoms with E-state index in [1.54, 1.807) is 18.5 Å². The monoisotopic (exact) mass is 239 g/mol. The number of pyridine rings is 1. The summed E-state index contributed by atoms with van der Waals surface area (Å²) in [5, 5.41) is 21.6. The molecule has 2 N–H and O–H groups in total. The molecule has 18 heavy (non-hydrogen) atoms. The Morgan fingerprint density at radius 3 is 2.72 bits per heavy atom. The van der Waals surface area contributed by atoms with Gasteiger partial charge < -0.3 is 10.4 Å². The van der Waals surface area contributed by atoms with E-state index in [0.717, 1.165) is 5.56 Å². The Kier molecular flexibility index (Phi) is 3.90. The smallest absolute Gasteiger partial charge is 0.101 e. The molecule has 2 aromatic rings. The van der Waals surface area contributed by atoms with Crippen molar-refractivity contribution in [3.05, 3.63) is 59.9 Å². The standard InChI is InChI=1S/C14H13N3O/c15-8-12-6-7-16-9-13(12)17-14(10-18)11-4-2-1-3-5-11/h1-7,9,14,17-18H,10H2. The molecule has 0 spiro atoms. The van der Waals surface area contributed by atoms with E-state index < -0.39 is 0 Å². The fraction of sp³-hybridized carbons (Fsp3) is 0.143. The van der Waals surface area contributed by atoms with Crippen molar-refractivity contribution in [2.24, 2.45) is 0 Å². The largest absolute Gasteiger partial charge is 0.394 e. The highest BCUT2D eigenvalue weighted by molar-refractivity contribution is 5.56. The fourth-order valence-electron chi connectivity index (χ4n) is 1.71. The predicted molar refractivity (Wildman–Crippen MR) is 68.8 cm³/mol. The third-order valence-electron chi connectivity index (χ3n) is 2.66. The zero-order valence-corrected chi connectivity index (χ0v) is 9.74. The molecule has 0 amide bonds. The first kappa shape index (κ1) is 12.1. The zero-order chi connectivity index (χ0) is 12.8. The topological polar surface area (TPSA) is 68.9 Å². The van der Waals surface area contributed by atoms with Gasteiger partial charge in [0.25, 0.3) is 0 Å². The summed E-state index contributed by atoms with van der Waals surface area (Å²) in [6.07, 6.45) is 3.16. The number of benzene rings is 1. The van der Waals surface area contributed by atoms with Crippen molar-refractivity contribution in [2.75, 3.05) is 11.9 Å². The summed E-state index contributed by atoms with van der Waals surface area (Å²) in [6, 6.07) is 13.1. The van der Waals surface area contributed by atoms with Gasteiger partial charge in [0.2, 0.25) is 0 Å². The molecule has 1 atom stereocenters. The number of nitriles is 1. The Morgan fingerprint density at radius 1 is 1.28 bits per heavy atom. The van der Waals surface area contributed by atoms with Crippen LogP contribution in [0.1, 0.15) is 17.2 Å². The number of rotatable bonds is 4. The van der Waals surface area contributed by atoms with Gasteiger partial charge in [-0.2, -0.15) is 5.26 Å². The molecule has 1 aromatic heterocycles. The quantitative estimate of drug-likeness (QED) is 0.857. The van der Waals surface area contributed by atoms with Crippen LogP contribution in [0, 0.1) is 11.3 Å². The molecule has 2 rings (SSSR count). The molecule has 0 bridgehead atoms. The molecule has 4 nitrogen and oxygen atoms in total. The summed E-state index contributed by atoms with van der Waals surface area (Å²) >= 11 is 0. The number of hydrogen-bond acceptors (Lipinski definition) is 4. The fourth-order valence-corrected chi connectivity index (χ4v) is 1.71. The minimum Gasteiger partial charge on any atom is -0.394 e. The molecule has 0 saturated heterocycles. The highest BCUT2D eigenvalue weighted by Crippen LogP contribution is 2.20.